The largest absolute Gasteiger partial charge is 0.398 e. The Balaban J connectivity index is 2.06. The maximum absolute atomic E-state index is 12.2. The van der Waals surface area contributed by atoms with Gasteiger partial charge >= 0.3 is 0 Å². The van der Waals surface area contributed by atoms with Crippen LogP contribution in [0.3, 0.4) is 0 Å². The SMILES string of the molecule is Nc1ccc(Br)cc1S(=O)(=O)NCCc1cccnc1. The van der Waals surface area contributed by atoms with Crippen molar-refractivity contribution in [3.05, 3.63) is 52.8 Å². The third-order valence-electron chi connectivity index (χ3n) is 2.69. The maximum Gasteiger partial charge on any atom is 0.242 e. The number of nitrogen functional groups attached to an aromatic ring is 1. The van der Waals surface area contributed by atoms with Crippen molar-refractivity contribution in [1.82, 2.24) is 9.71 Å². The average molecular weight is 356 g/mol. The zero-order chi connectivity index (χ0) is 14.6. The third-order valence-corrected chi connectivity index (χ3v) is 4.70. The van der Waals surface area contributed by atoms with Crippen molar-refractivity contribution in [2.75, 3.05) is 12.3 Å². The summed E-state index contributed by atoms with van der Waals surface area (Å²) in [6.45, 7) is 0.292. The first-order valence-electron chi connectivity index (χ1n) is 5.92. The fraction of sp³-hybridized carbons (Fsp3) is 0.154. The number of rotatable bonds is 5. The number of pyridine rings is 1. The highest BCUT2D eigenvalue weighted by atomic mass is 79.9. The van der Waals surface area contributed by atoms with Crippen LogP contribution in [0.25, 0.3) is 0 Å². The molecule has 7 heteroatoms. The van der Waals surface area contributed by atoms with E-state index in [4.69, 9.17) is 5.73 Å². The fourth-order valence-corrected chi connectivity index (χ4v) is 3.39. The van der Waals surface area contributed by atoms with Gasteiger partial charge in [-0.05, 0) is 36.2 Å². The first-order chi connectivity index (χ1) is 9.49. The molecule has 0 aliphatic carbocycles. The molecular weight excluding hydrogens is 342 g/mol. The molecule has 0 amide bonds. The van der Waals surface area contributed by atoms with Crippen LogP contribution in [-0.2, 0) is 16.4 Å². The Morgan fingerprint density at radius 1 is 1.30 bits per heavy atom. The Labute approximate surface area is 126 Å². The molecule has 0 atom stereocenters. The predicted octanol–water partition coefficient (Wildman–Crippen LogP) is 1.95. The molecule has 2 rings (SSSR count). The zero-order valence-electron chi connectivity index (χ0n) is 10.6. The molecule has 20 heavy (non-hydrogen) atoms. The lowest BCUT2D eigenvalue weighted by Gasteiger charge is -2.09. The summed E-state index contributed by atoms with van der Waals surface area (Å²) >= 11 is 3.24. The van der Waals surface area contributed by atoms with Gasteiger partial charge in [-0.1, -0.05) is 22.0 Å². The van der Waals surface area contributed by atoms with E-state index in [0.717, 1.165) is 5.56 Å². The molecule has 1 aromatic heterocycles. The van der Waals surface area contributed by atoms with Crippen molar-refractivity contribution in [2.24, 2.45) is 0 Å². The summed E-state index contributed by atoms with van der Waals surface area (Å²) in [6, 6.07) is 8.45. The summed E-state index contributed by atoms with van der Waals surface area (Å²) in [7, 11) is -3.61. The van der Waals surface area contributed by atoms with Crippen molar-refractivity contribution in [3.8, 4) is 0 Å². The number of nitrogens with zero attached hydrogens (tertiary/aromatic N) is 1. The molecule has 106 valence electrons. The van der Waals surface area contributed by atoms with Gasteiger partial charge < -0.3 is 5.73 Å². The highest BCUT2D eigenvalue weighted by molar-refractivity contribution is 9.10. The Morgan fingerprint density at radius 2 is 2.10 bits per heavy atom. The molecule has 0 saturated heterocycles. The molecule has 1 heterocycles. The maximum atomic E-state index is 12.2. The Bertz CT molecular complexity index is 690. The number of hydrogen-bond acceptors (Lipinski definition) is 4. The van der Waals surface area contributed by atoms with Crippen LogP contribution in [0.1, 0.15) is 5.56 Å². The van der Waals surface area contributed by atoms with E-state index in [2.05, 4.69) is 25.6 Å². The average Bonchev–Trinajstić information content (AvgIpc) is 2.42. The normalized spacial score (nSPS) is 11.4. The van der Waals surface area contributed by atoms with E-state index >= 15 is 0 Å². The van der Waals surface area contributed by atoms with E-state index < -0.39 is 10.0 Å². The summed E-state index contributed by atoms with van der Waals surface area (Å²) in [4.78, 5) is 4.06. The van der Waals surface area contributed by atoms with Gasteiger partial charge in [0.2, 0.25) is 10.0 Å². The Kier molecular flexibility index (Phi) is 4.74. The first kappa shape index (κ1) is 15.0. The molecule has 0 radical (unpaired) electrons. The summed E-state index contributed by atoms with van der Waals surface area (Å²) < 4.78 is 27.5. The van der Waals surface area contributed by atoms with Crippen molar-refractivity contribution in [2.45, 2.75) is 11.3 Å². The number of nitrogens with one attached hydrogen (secondary N) is 1. The van der Waals surface area contributed by atoms with Crippen molar-refractivity contribution >= 4 is 31.6 Å². The minimum absolute atomic E-state index is 0.0815. The lowest BCUT2D eigenvalue weighted by atomic mass is 10.2. The van der Waals surface area contributed by atoms with Crippen LogP contribution >= 0.6 is 15.9 Å². The number of anilines is 1. The van der Waals surface area contributed by atoms with Crippen LogP contribution in [0, 0.1) is 0 Å². The second-order valence-corrected chi connectivity index (χ2v) is 6.84. The van der Waals surface area contributed by atoms with E-state index in [0.29, 0.717) is 17.4 Å². The topological polar surface area (TPSA) is 85.1 Å². The van der Waals surface area contributed by atoms with E-state index in [1.165, 1.54) is 6.07 Å². The highest BCUT2D eigenvalue weighted by Crippen LogP contribution is 2.22. The van der Waals surface area contributed by atoms with Gasteiger partial charge in [0.05, 0.1) is 5.69 Å². The lowest BCUT2D eigenvalue weighted by Crippen LogP contribution is -2.26. The van der Waals surface area contributed by atoms with Crippen LogP contribution in [0.15, 0.2) is 52.1 Å². The van der Waals surface area contributed by atoms with Gasteiger partial charge in [0.25, 0.3) is 0 Å². The third kappa shape index (κ3) is 3.78. The van der Waals surface area contributed by atoms with Crippen molar-refractivity contribution in [3.63, 3.8) is 0 Å². The number of aromatic nitrogens is 1. The molecule has 0 saturated carbocycles. The fourth-order valence-electron chi connectivity index (χ4n) is 1.69. The summed E-state index contributed by atoms with van der Waals surface area (Å²) in [5, 5.41) is 0. The minimum atomic E-state index is -3.61. The number of halogens is 1. The minimum Gasteiger partial charge on any atom is -0.398 e. The molecule has 3 N–H and O–H groups in total. The van der Waals surface area contributed by atoms with Gasteiger partial charge in [-0.2, -0.15) is 0 Å². The number of sulfonamides is 1. The summed E-state index contributed by atoms with van der Waals surface area (Å²) in [6.07, 6.45) is 3.96. The Morgan fingerprint density at radius 3 is 2.80 bits per heavy atom. The molecule has 2 aromatic rings. The zero-order valence-corrected chi connectivity index (χ0v) is 13.0. The second-order valence-electron chi connectivity index (χ2n) is 4.19. The molecule has 1 aromatic carbocycles. The number of nitrogens with two attached hydrogens (primary N) is 1. The van der Waals surface area contributed by atoms with Gasteiger partial charge in [0, 0.05) is 23.4 Å². The van der Waals surface area contributed by atoms with Gasteiger partial charge in [-0.25, -0.2) is 13.1 Å². The first-order valence-corrected chi connectivity index (χ1v) is 8.20. The highest BCUT2D eigenvalue weighted by Gasteiger charge is 2.17. The molecule has 0 bridgehead atoms. The van der Waals surface area contributed by atoms with Crippen LogP contribution in [0.5, 0.6) is 0 Å². The summed E-state index contributed by atoms with van der Waals surface area (Å²) in [5.41, 5.74) is 6.90. The van der Waals surface area contributed by atoms with E-state index in [9.17, 15) is 8.42 Å². The van der Waals surface area contributed by atoms with Gasteiger partial charge in [0.1, 0.15) is 4.90 Å². The molecule has 0 fully saturated rings. The molecule has 0 spiro atoms. The van der Waals surface area contributed by atoms with E-state index in [-0.39, 0.29) is 10.6 Å². The molecule has 5 nitrogen and oxygen atoms in total. The van der Waals surface area contributed by atoms with Gasteiger partial charge in [-0.15, -0.1) is 0 Å². The van der Waals surface area contributed by atoms with Crippen LogP contribution < -0.4 is 10.5 Å². The predicted molar refractivity (Wildman–Crippen MR) is 81.7 cm³/mol. The quantitative estimate of drug-likeness (QED) is 0.802. The van der Waals surface area contributed by atoms with Crippen molar-refractivity contribution in [1.29, 1.82) is 0 Å². The lowest BCUT2D eigenvalue weighted by molar-refractivity contribution is 0.582. The second kappa shape index (κ2) is 6.34. The summed E-state index contributed by atoms with van der Waals surface area (Å²) in [5.74, 6) is 0. The molecule has 0 aliphatic heterocycles. The number of benzene rings is 1. The van der Waals surface area contributed by atoms with Crippen LogP contribution in [0.4, 0.5) is 5.69 Å². The molecule has 0 unspecified atom stereocenters. The Hall–Kier alpha value is -1.44. The van der Waals surface area contributed by atoms with Crippen molar-refractivity contribution < 1.29 is 8.42 Å². The smallest absolute Gasteiger partial charge is 0.242 e. The molecular formula is C13H14BrN3O2S. The van der Waals surface area contributed by atoms with Gasteiger partial charge in [-0.3, -0.25) is 4.98 Å². The van der Waals surface area contributed by atoms with E-state index in [1.54, 1.807) is 24.5 Å². The van der Waals surface area contributed by atoms with E-state index in [1.807, 2.05) is 12.1 Å². The van der Waals surface area contributed by atoms with Gasteiger partial charge in [0.15, 0.2) is 0 Å². The standard InChI is InChI=1S/C13H14BrN3O2S/c14-11-3-4-12(15)13(8-11)20(18,19)17-7-5-10-2-1-6-16-9-10/h1-4,6,8-9,17H,5,7,15H2. The van der Waals surface area contributed by atoms with Crippen LogP contribution in [0.2, 0.25) is 0 Å². The monoisotopic (exact) mass is 355 g/mol. The van der Waals surface area contributed by atoms with Crippen LogP contribution in [-0.4, -0.2) is 19.9 Å². The molecule has 0 aliphatic rings. The number of hydrogen-bond donors (Lipinski definition) is 2.